The Kier molecular flexibility index (Phi) is 11.2. The molecule has 0 aliphatic rings. The van der Waals surface area contributed by atoms with Gasteiger partial charge in [-0.3, -0.25) is 9.59 Å². The highest BCUT2D eigenvalue weighted by molar-refractivity contribution is 7.65. The van der Waals surface area contributed by atoms with E-state index in [1.165, 1.54) is 6.08 Å². The molecule has 0 amide bonds. The number of rotatable bonds is 8. The third-order valence-electron chi connectivity index (χ3n) is 2.62. The molecule has 2 heterocycles. The van der Waals surface area contributed by atoms with Gasteiger partial charge in [0.2, 0.25) is 0 Å². The zero-order valence-electron chi connectivity index (χ0n) is 13.7. The molecule has 10 heteroatoms. The van der Waals surface area contributed by atoms with Crippen LogP contribution in [0.4, 0.5) is 0 Å². The van der Waals surface area contributed by atoms with Crippen molar-refractivity contribution in [3.63, 3.8) is 0 Å². The van der Waals surface area contributed by atoms with E-state index >= 15 is 0 Å². The maximum absolute atomic E-state index is 11.1. The van der Waals surface area contributed by atoms with Gasteiger partial charge >= 0.3 is 17.9 Å². The van der Waals surface area contributed by atoms with Crippen LogP contribution < -0.4 is 0 Å². The van der Waals surface area contributed by atoms with Crippen LogP contribution in [0.15, 0.2) is 46.3 Å². The van der Waals surface area contributed by atoms with Crippen LogP contribution in [0.5, 0.6) is 0 Å². The second-order valence-electron chi connectivity index (χ2n) is 4.87. The second-order valence-corrected chi connectivity index (χ2v) is 15.6. The van der Waals surface area contributed by atoms with Crippen molar-refractivity contribution in [1.29, 1.82) is 0 Å². The van der Waals surface area contributed by atoms with Gasteiger partial charge < -0.3 is 9.47 Å². The molecule has 0 spiro atoms. The summed E-state index contributed by atoms with van der Waals surface area (Å²) in [5, 5.41) is 7.73. The number of carbonyl (C=O) groups is 2. The summed E-state index contributed by atoms with van der Waals surface area (Å²) in [4.78, 5) is 22.0. The molecular formula is C16H17Cl3O4S2Si. The maximum atomic E-state index is 11.1. The lowest BCUT2D eigenvalue weighted by molar-refractivity contribution is -0.144. The molecule has 26 heavy (non-hydrogen) atoms. The Labute approximate surface area is 175 Å². The molecule has 2 aromatic heterocycles. The molecule has 4 nitrogen and oxygen atoms in total. The lowest BCUT2D eigenvalue weighted by atomic mass is 10.4. The summed E-state index contributed by atoms with van der Waals surface area (Å²) in [5.74, 6) is -0.681. The first-order valence-corrected chi connectivity index (χ1v) is 14.4. The summed E-state index contributed by atoms with van der Waals surface area (Å²) in [6.45, 7) is 4.07. The highest BCUT2D eigenvalue weighted by Crippen LogP contribution is 2.25. The fourth-order valence-electron chi connectivity index (χ4n) is 1.47. The number of hydrogen-bond acceptors (Lipinski definition) is 6. The van der Waals surface area contributed by atoms with Crippen LogP contribution in [-0.2, 0) is 32.3 Å². The Morgan fingerprint density at radius 2 is 1.50 bits per heavy atom. The van der Waals surface area contributed by atoms with Gasteiger partial charge in [0.15, 0.2) is 0 Å². The predicted octanol–water partition coefficient (Wildman–Crippen LogP) is 5.81. The van der Waals surface area contributed by atoms with E-state index in [1.54, 1.807) is 22.7 Å². The van der Waals surface area contributed by atoms with E-state index in [9.17, 15) is 9.59 Å². The van der Waals surface area contributed by atoms with Gasteiger partial charge in [-0.2, -0.15) is 22.7 Å². The summed E-state index contributed by atoms with van der Waals surface area (Å²) >= 11 is 19.8. The first-order chi connectivity index (χ1) is 12.3. The van der Waals surface area contributed by atoms with Gasteiger partial charge in [-0.25, -0.2) is 0 Å². The van der Waals surface area contributed by atoms with Crippen molar-refractivity contribution < 1.29 is 19.1 Å². The molecule has 0 fully saturated rings. The van der Waals surface area contributed by atoms with E-state index in [0.29, 0.717) is 6.61 Å². The third kappa shape index (κ3) is 11.7. The molecule has 0 unspecified atom stereocenters. The molecule has 0 aliphatic carbocycles. The standard InChI is InChI=1S/C9H10O2S.C7H7Cl3O2SSi/c1-2-3-9(10)11-6-8-4-5-12-7-8;8-14(9,10)5-7(11)12-3-6-1-2-13-4-6/h2,4-5,7H,1,3,6H2;1-2,4H,3,5H2. The van der Waals surface area contributed by atoms with E-state index in [-0.39, 0.29) is 25.0 Å². The van der Waals surface area contributed by atoms with E-state index < -0.39 is 12.0 Å². The minimum Gasteiger partial charge on any atom is -0.461 e. The smallest absolute Gasteiger partial charge is 0.352 e. The highest BCUT2D eigenvalue weighted by Gasteiger charge is 2.29. The lowest BCUT2D eigenvalue weighted by Gasteiger charge is -2.07. The summed E-state index contributed by atoms with van der Waals surface area (Å²) in [6, 6.07) is 0.823. The van der Waals surface area contributed by atoms with E-state index in [4.69, 9.17) is 42.7 Å². The Bertz CT molecular complexity index is 670. The Morgan fingerprint density at radius 3 is 1.88 bits per heavy atom. The number of ether oxygens (including phenoxy) is 2. The van der Waals surface area contributed by atoms with E-state index in [0.717, 1.165) is 11.1 Å². The molecule has 142 valence electrons. The maximum Gasteiger partial charge on any atom is 0.352 e. The summed E-state index contributed by atoms with van der Waals surface area (Å²) < 4.78 is 9.83. The first kappa shape index (κ1) is 23.2. The molecule has 0 radical (unpaired) electrons. The van der Waals surface area contributed by atoms with Crippen molar-refractivity contribution >= 4 is 73.9 Å². The highest BCUT2D eigenvalue weighted by atomic mass is 35.8. The number of esters is 2. The molecule has 0 saturated carbocycles. The van der Waals surface area contributed by atoms with Gasteiger partial charge in [0.25, 0.3) is 0 Å². The third-order valence-corrected chi connectivity index (χ3v) is 5.97. The van der Waals surface area contributed by atoms with Gasteiger partial charge in [0.1, 0.15) is 13.2 Å². The molecular weight excluding hydrogens is 455 g/mol. The minimum absolute atomic E-state index is 0.0954. The molecule has 2 rings (SSSR count). The summed E-state index contributed by atoms with van der Waals surface area (Å²) in [6.07, 6.45) is 1.82. The topological polar surface area (TPSA) is 52.6 Å². The fraction of sp³-hybridized carbons (Fsp3) is 0.250. The number of thiophene rings is 2. The molecule has 0 atom stereocenters. The second kappa shape index (κ2) is 12.5. The average molecular weight is 472 g/mol. The molecule has 0 N–H and O–H groups in total. The van der Waals surface area contributed by atoms with E-state index in [2.05, 4.69) is 6.58 Å². The largest absolute Gasteiger partial charge is 0.461 e. The monoisotopic (exact) mass is 470 g/mol. The molecule has 2 aromatic rings. The van der Waals surface area contributed by atoms with Crippen LogP contribution >= 0.6 is 55.9 Å². The normalized spacial score (nSPS) is 10.4. The van der Waals surface area contributed by atoms with Crippen LogP contribution in [0.2, 0.25) is 6.04 Å². The van der Waals surface area contributed by atoms with Crippen LogP contribution in [0, 0.1) is 0 Å². The van der Waals surface area contributed by atoms with Crippen molar-refractivity contribution in [3.05, 3.63) is 57.4 Å². The lowest BCUT2D eigenvalue weighted by Crippen LogP contribution is -2.17. The van der Waals surface area contributed by atoms with Crippen molar-refractivity contribution in [2.24, 2.45) is 0 Å². The zero-order chi connectivity index (χ0) is 19.4. The summed E-state index contributed by atoms with van der Waals surface area (Å²) in [5.41, 5.74) is 1.99. The minimum atomic E-state index is -2.90. The predicted molar refractivity (Wildman–Crippen MR) is 111 cm³/mol. The average Bonchev–Trinajstić information content (AvgIpc) is 3.24. The van der Waals surface area contributed by atoms with Gasteiger partial charge in [-0.1, -0.05) is 6.08 Å². The quantitative estimate of drug-likeness (QED) is 0.211. The Morgan fingerprint density at radius 1 is 1.00 bits per heavy atom. The van der Waals surface area contributed by atoms with Crippen LogP contribution in [-0.4, -0.2) is 17.9 Å². The molecule has 0 saturated heterocycles. The Balaban J connectivity index is 0.000000263. The fourth-order valence-corrected chi connectivity index (χ4v) is 4.19. The number of halogens is 3. The summed E-state index contributed by atoms with van der Waals surface area (Å²) in [7, 11) is 0. The van der Waals surface area contributed by atoms with E-state index in [1.807, 2.05) is 33.7 Å². The Hall–Kier alpha value is -0.833. The van der Waals surface area contributed by atoms with Crippen LogP contribution in [0.1, 0.15) is 17.5 Å². The van der Waals surface area contributed by atoms with Gasteiger partial charge in [0.05, 0.1) is 12.5 Å². The molecule has 0 aliphatic heterocycles. The van der Waals surface area contributed by atoms with Crippen molar-refractivity contribution in [2.75, 3.05) is 0 Å². The van der Waals surface area contributed by atoms with Gasteiger partial charge in [-0.15, -0.1) is 39.8 Å². The molecule has 0 aromatic carbocycles. The van der Waals surface area contributed by atoms with Gasteiger partial charge in [-0.05, 0) is 33.7 Å². The van der Waals surface area contributed by atoms with Crippen LogP contribution in [0.25, 0.3) is 0 Å². The zero-order valence-corrected chi connectivity index (χ0v) is 18.6. The number of carbonyl (C=O) groups excluding carboxylic acids is 2. The van der Waals surface area contributed by atoms with Crippen molar-refractivity contribution in [3.8, 4) is 0 Å². The van der Waals surface area contributed by atoms with Gasteiger partial charge in [0, 0.05) is 11.1 Å². The molecule has 0 bridgehead atoms. The SMILES string of the molecule is C=CCC(=O)OCc1ccsc1.O=C(C[Si](Cl)(Cl)Cl)OCc1ccsc1. The van der Waals surface area contributed by atoms with Crippen molar-refractivity contribution in [2.45, 2.75) is 25.7 Å². The van der Waals surface area contributed by atoms with Crippen molar-refractivity contribution in [1.82, 2.24) is 0 Å². The van der Waals surface area contributed by atoms with Crippen LogP contribution in [0.3, 0.4) is 0 Å². The number of hydrogen-bond donors (Lipinski definition) is 0. The first-order valence-electron chi connectivity index (χ1n) is 7.31.